The number of carbonyl (C=O) groups excluding carboxylic acids is 2. The number of halogens is 1. The number of amides is 2. The van der Waals surface area contributed by atoms with Crippen molar-refractivity contribution in [3.8, 4) is 11.5 Å². The van der Waals surface area contributed by atoms with E-state index in [0.29, 0.717) is 24.3 Å². The van der Waals surface area contributed by atoms with Gasteiger partial charge in [-0.2, -0.15) is 0 Å². The molecule has 0 saturated heterocycles. The number of hydrogen-bond donors (Lipinski definition) is 1. The number of rotatable bonds is 13. The molecule has 11 heteroatoms. The highest BCUT2D eigenvalue weighted by atomic mass is 35.5. The Kier molecular flexibility index (Phi) is 11.0. The van der Waals surface area contributed by atoms with Crippen molar-refractivity contribution < 1.29 is 27.5 Å². The molecule has 0 heterocycles. The lowest BCUT2D eigenvalue weighted by Crippen LogP contribution is -2.52. The molecule has 9 nitrogen and oxygen atoms in total. The van der Waals surface area contributed by atoms with Gasteiger partial charge < -0.3 is 19.7 Å². The van der Waals surface area contributed by atoms with Crippen LogP contribution in [-0.2, 0) is 26.2 Å². The third kappa shape index (κ3) is 7.71. The average Bonchev–Trinajstić information content (AvgIpc) is 2.96. The van der Waals surface area contributed by atoms with Gasteiger partial charge in [0.25, 0.3) is 10.0 Å². The van der Waals surface area contributed by atoms with Crippen LogP contribution >= 0.6 is 11.6 Å². The van der Waals surface area contributed by atoms with Crippen LogP contribution in [0.15, 0.2) is 71.6 Å². The van der Waals surface area contributed by atoms with E-state index in [1.54, 1.807) is 50.2 Å². The number of benzene rings is 3. The Labute approximate surface area is 247 Å². The Morgan fingerprint density at radius 1 is 0.976 bits per heavy atom. The van der Waals surface area contributed by atoms with Crippen molar-refractivity contribution in [2.24, 2.45) is 0 Å². The molecule has 220 valence electrons. The van der Waals surface area contributed by atoms with Crippen molar-refractivity contribution in [3.63, 3.8) is 0 Å². The van der Waals surface area contributed by atoms with Crippen molar-refractivity contribution in [2.45, 2.75) is 44.7 Å². The predicted octanol–water partition coefficient (Wildman–Crippen LogP) is 4.80. The van der Waals surface area contributed by atoms with Gasteiger partial charge in [0.15, 0.2) is 0 Å². The number of methoxy groups -OCH3 is 2. The standard InChI is InChI=1S/C30H36ClN3O6S/c1-6-26(30(36)32-7-2)33(19-22-9-8-10-24(17-22)39-4)29(35)20-34(27-18-23(31)13-16-28(27)40-5)41(37,38)25-14-11-21(3)12-15-25/h8-18,26H,6-7,19-20H2,1-5H3,(H,32,36). The molecule has 0 radical (unpaired) electrons. The monoisotopic (exact) mass is 601 g/mol. The molecule has 0 spiro atoms. The number of nitrogens with one attached hydrogen (secondary N) is 1. The Morgan fingerprint density at radius 3 is 2.29 bits per heavy atom. The number of likely N-dealkylation sites (N-methyl/N-ethyl adjacent to an activating group) is 1. The smallest absolute Gasteiger partial charge is 0.264 e. The highest BCUT2D eigenvalue weighted by Crippen LogP contribution is 2.35. The fourth-order valence-corrected chi connectivity index (χ4v) is 5.97. The summed E-state index contributed by atoms with van der Waals surface area (Å²) in [4.78, 5) is 28.6. The number of hydrogen-bond acceptors (Lipinski definition) is 6. The molecular formula is C30H36ClN3O6S. The first-order valence-electron chi connectivity index (χ1n) is 13.2. The summed E-state index contributed by atoms with van der Waals surface area (Å²) in [6.45, 7) is 5.26. The number of anilines is 1. The Hall–Kier alpha value is -3.76. The molecule has 2 amide bonds. The molecule has 0 saturated carbocycles. The lowest BCUT2D eigenvalue weighted by molar-refractivity contribution is -0.140. The zero-order valence-electron chi connectivity index (χ0n) is 23.9. The van der Waals surface area contributed by atoms with Crippen LogP contribution in [0.2, 0.25) is 5.02 Å². The van der Waals surface area contributed by atoms with E-state index in [1.807, 2.05) is 13.0 Å². The van der Waals surface area contributed by atoms with E-state index in [-0.39, 0.29) is 33.8 Å². The van der Waals surface area contributed by atoms with Crippen LogP contribution in [0.25, 0.3) is 0 Å². The summed E-state index contributed by atoms with van der Waals surface area (Å²) in [5.41, 5.74) is 1.69. The molecule has 3 aromatic rings. The Balaban J connectivity index is 2.13. The predicted molar refractivity (Wildman–Crippen MR) is 160 cm³/mol. The van der Waals surface area contributed by atoms with Gasteiger partial charge in [-0.1, -0.05) is 48.4 Å². The van der Waals surface area contributed by atoms with E-state index in [4.69, 9.17) is 21.1 Å². The summed E-state index contributed by atoms with van der Waals surface area (Å²) in [5.74, 6) is -0.107. The van der Waals surface area contributed by atoms with Gasteiger partial charge in [-0.15, -0.1) is 0 Å². The van der Waals surface area contributed by atoms with Crippen molar-refractivity contribution in [1.29, 1.82) is 0 Å². The first-order chi connectivity index (χ1) is 19.5. The van der Waals surface area contributed by atoms with Gasteiger partial charge in [0.2, 0.25) is 11.8 Å². The fraction of sp³-hybridized carbons (Fsp3) is 0.333. The van der Waals surface area contributed by atoms with Crippen LogP contribution in [0.1, 0.15) is 31.4 Å². The van der Waals surface area contributed by atoms with Gasteiger partial charge in [-0.05, 0) is 68.3 Å². The molecule has 1 atom stereocenters. The summed E-state index contributed by atoms with van der Waals surface area (Å²) >= 11 is 6.28. The summed E-state index contributed by atoms with van der Waals surface area (Å²) in [5, 5.41) is 3.05. The van der Waals surface area contributed by atoms with E-state index < -0.39 is 28.5 Å². The zero-order chi connectivity index (χ0) is 30.2. The number of nitrogens with zero attached hydrogens (tertiary/aromatic N) is 2. The lowest BCUT2D eigenvalue weighted by atomic mass is 10.1. The highest BCUT2D eigenvalue weighted by Gasteiger charge is 2.34. The van der Waals surface area contributed by atoms with E-state index in [1.165, 1.54) is 43.4 Å². The summed E-state index contributed by atoms with van der Waals surface area (Å²) in [6.07, 6.45) is 0.312. The second kappa shape index (κ2) is 14.2. The largest absolute Gasteiger partial charge is 0.497 e. The van der Waals surface area contributed by atoms with Crippen molar-refractivity contribution in [2.75, 3.05) is 31.6 Å². The first-order valence-corrected chi connectivity index (χ1v) is 15.0. The van der Waals surface area contributed by atoms with Crippen molar-refractivity contribution >= 4 is 39.1 Å². The van der Waals surface area contributed by atoms with E-state index in [9.17, 15) is 18.0 Å². The van der Waals surface area contributed by atoms with Crippen molar-refractivity contribution in [1.82, 2.24) is 10.2 Å². The molecule has 0 bridgehead atoms. The average molecular weight is 602 g/mol. The fourth-order valence-electron chi connectivity index (χ4n) is 4.39. The topological polar surface area (TPSA) is 105 Å². The summed E-state index contributed by atoms with van der Waals surface area (Å²) in [6, 6.07) is 17.2. The highest BCUT2D eigenvalue weighted by molar-refractivity contribution is 7.92. The van der Waals surface area contributed by atoms with Crippen LogP contribution in [0.3, 0.4) is 0 Å². The zero-order valence-corrected chi connectivity index (χ0v) is 25.5. The van der Waals surface area contributed by atoms with Gasteiger partial charge in [0.05, 0.1) is 24.8 Å². The van der Waals surface area contributed by atoms with E-state index in [2.05, 4.69) is 5.32 Å². The number of sulfonamides is 1. The Bertz CT molecular complexity index is 1460. The second-order valence-electron chi connectivity index (χ2n) is 9.33. The Morgan fingerprint density at radius 2 is 1.68 bits per heavy atom. The molecule has 0 aliphatic heterocycles. The molecule has 0 aliphatic rings. The summed E-state index contributed by atoms with van der Waals surface area (Å²) < 4.78 is 39.9. The normalized spacial score (nSPS) is 11.9. The number of aryl methyl sites for hydroxylation is 1. The molecule has 3 rings (SSSR count). The number of ether oxygens (including phenoxy) is 2. The van der Waals surface area contributed by atoms with Gasteiger partial charge in [0.1, 0.15) is 24.1 Å². The molecular weight excluding hydrogens is 566 g/mol. The minimum Gasteiger partial charge on any atom is -0.497 e. The molecule has 41 heavy (non-hydrogen) atoms. The quantitative estimate of drug-likeness (QED) is 0.302. The van der Waals surface area contributed by atoms with E-state index >= 15 is 0 Å². The first kappa shape index (κ1) is 31.8. The van der Waals surface area contributed by atoms with Crippen LogP contribution in [-0.4, -0.2) is 58.5 Å². The van der Waals surface area contributed by atoms with Crippen molar-refractivity contribution in [3.05, 3.63) is 82.9 Å². The van der Waals surface area contributed by atoms with Crippen LogP contribution in [0, 0.1) is 6.92 Å². The van der Waals surface area contributed by atoms with Gasteiger partial charge >= 0.3 is 0 Å². The molecule has 1 N–H and O–H groups in total. The van der Waals surface area contributed by atoms with Crippen LogP contribution < -0.4 is 19.1 Å². The van der Waals surface area contributed by atoms with Gasteiger partial charge in [-0.25, -0.2) is 8.42 Å². The maximum Gasteiger partial charge on any atom is 0.264 e. The maximum atomic E-state index is 14.1. The second-order valence-corrected chi connectivity index (χ2v) is 11.6. The SMILES string of the molecule is CCNC(=O)C(CC)N(Cc1cccc(OC)c1)C(=O)CN(c1cc(Cl)ccc1OC)S(=O)(=O)c1ccc(C)cc1. The molecule has 1 unspecified atom stereocenters. The lowest BCUT2D eigenvalue weighted by Gasteiger charge is -2.33. The third-order valence-corrected chi connectivity index (χ3v) is 8.53. The number of carbonyl (C=O) groups is 2. The molecule has 3 aromatic carbocycles. The summed E-state index contributed by atoms with van der Waals surface area (Å²) in [7, 11) is -1.32. The van der Waals surface area contributed by atoms with Crippen LogP contribution in [0.4, 0.5) is 5.69 Å². The molecule has 0 aliphatic carbocycles. The van der Waals surface area contributed by atoms with Gasteiger partial charge in [-0.3, -0.25) is 13.9 Å². The van der Waals surface area contributed by atoms with E-state index in [0.717, 1.165) is 9.87 Å². The molecule has 0 aromatic heterocycles. The third-order valence-electron chi connectivity index (χ3n) is 6.52. The maximum absolute atomic E-state index is 14.1. The minimum atomic E-state index is -4.27. The van der Waals surface area contributed by atoms with Gasteiger partial charge in [0, 0.05) is 18.1 Å². The minimum absolute atomic E-state index is 0.00644. The van der Waals surface area contributed by atoms with Crippen LogP contribution in [0.5, 0.6) is 11.5 Å². The molecule has 0 fully saturated rings.